The summed E-state index contributed by atoms with van der Waals surface area (Å²) < 4.78 is 14.8. The van der Waals surface area contributed by atoms with Gasteiger partial charge in [-0.1, -0.05) is 91.0 Å². The molecule has 0 bridgehead atoms. The van der Waals surface area contributed by atoms with E-state index in [1.807, 2.05) is 75.4 Å². The Bertz CT molecular complexity index is 1390. The summed E-state index contributed by atoms with van der Waals surface area (Å²) >= 11 is 0. The van der Waals surface area contributed by atoms with Crippen molar-refractivity contribution in [2.24, 2.45) is 0 Å². The lowest BCUT2D eigenvalue weighted by Gasteiger charge is -2.34. The fourth-order valence-corrected chi connectivity index (χ4v) is 4.71. The van der Waals surface area contributed by atoms with Crippen molar-refractivity contribution < 1.29 is 14.0 Å². The molecule has 4 rings (SSSR count). The first-order chi connectivity index (χ1) is 18.2. The van der Waals surface area contributed by atoms with Gasteiger partial charge in [-0.3, -0.25) is 9.59 Å². The van der Waals surface area contributed by atoms with Crippen molar-refractivity contribution in [1.29, 1.82) is 0 Å². The van der Waals surface area contributed by atoms with E-state index >= 15 is 0 Å². The van der Waals surface area contributed by atoms with Gasteiger partial charge < -0.3 is 10.2 Å². The van der Waals surface area contributed by atoms with Gasteiger partial charge in [-0.05, 0) is 55.2 Å². The second kappa shape index (κ2) is 12.0. The Morgan fingerprint density at radius 2 is 1.45 bits per heavy atom. The predicted molar refractivity (Wildman–Crippen MR) is 151 cm³/mol. The van der Waals surface area contributed by atoms with Crippen molar-refractivity contribution in [3.05, 3.63) is 120 Å². The highest BCUT2D eigenvalue weighted by atomic mass is 19.1. The van der Waals surface area contributed by atoms with E-state index < -0.39 is 17.4 Å². The SMILES string of the molecule is CC(C)(C)NC(=O)[C@@H](Cc1ccccc1)N(Cc1ccccc1F)C(=O)CCc1cccc2ccccc12. The molecule has 5 heteroatoms. The Kier molecular flexibility index (Phi) is 8.57. The molecule has 0 aliphatic rings. The number of aryl methyl sites for hydroxylation is 1. The molecular weight excluding hydrogens is 475 g/mol. The Morgan fingerprint density at radius 3 is 2.18 bits per heavy atom. The van der Waals surface area contributed by atoms with Crippen LogP contribution in [0.4, 0.5) is 4.39 Å². The summed E-state index contributed by atoms with van der Waals surface area (Å²) in [4.78, 5) is 29.1. The van der Waals surface area contributed by atoms with E-state index in [9.17, 15) is 14.0 Å². The molecule has 1 N–H and O–H groups in total. The smallest absolute Gasteiger partial charge is 0.243 e. The first kappa shape index (κ1) is 27.1. The fraction of sp³-hybridized carbons (Fsp3) is 0.273. The molecule has 0 aromatic heterocycles. The highest BCUT2D eigenvalue weighted by Gasteiger charge is 2.32. The van der Waals surface area contributed by atoms with Gasteiger partial charge in [0.25, 0.3) is 0 Å². The van der Waals surface area contributed by atoms with Gasteiger partial charge in [-0.2, -0.15) is 0 Å². The van der Waals surface area contributed by atoms with Gasteiger partial charge in [0.15, 0.2) is 0 Å². The summed E-state index contributed by atoms with van der Waals surface area (Å²) in [5.74, 6) is -0.837. The molecule has 1 atom stereocenters. The highest BCUT2D eigenvalue weighted by molar-refractivity contribution is 5.89. The monoisotopic (exact) mass is 510 g/mol. The molecule has 4 aromatic rings. The van der Waals surface area contributed by atoms with E-state index in [-0.39, 0.29) is 24.8 Å². The Morgan fingerprint density at radius 1 is 0.816 bits per heavy atom. The van der Waals surface area contributed by atoms with Crippen LogP contribution in [-0.4, -0.2) is 28.3 Å². The molecule has 0 unspecified atom stereocenters. The second-order valence-corrected chi connectivity index (χ2v) is 10.7. The molecule has 196 valence electrons. The van der Waals surface area contributed by atoms with Crippen LogP contribution < -0.4 is 5.32 Å². The van der Waals surface area contributed by atoms with Gasteiger partial charge in [0.05, 0.1) is 0 Å². The number of nitrogens with zero attached hydrogens (tertiary/aromatic N) is 1. The summed E-state index contributed by atoms with van der Waals surface area (Å²) in [6, 6.07) is 29.4. The molecule has 0 saturated carbocycles. The Labute approximate surface area is 224 Å². The molecule has 2 amide bonds. The van der Waals surface area contributed by atoms with E-state index in [2.05, 4.69) is 23.5 Å². The lowest BCUT2D eigenvalue weighted by molar-refractivity contribution is -0.142. The molecule has 38 heavy (non-hydrogen) atoms. The predicted octanol–water partition coefficient (Wildman–Crippen LogP) is 6.47. The summed E-state index contributed by atoms with van der Waals surface area (Å²) in [7, 11) is 0. The molecular formula is C33H35FN2O2. The quantitative estimate of drug-likeness (QED) is 0.281. The minimum Gasteiger partial charge on any atom is -0.350 e. The number of benzene rings is 4. The highest BCUT2D eigenvalue weighted by Crippen LogP contribution is 2.22. The van der Waals surface area contributed by atoms with Gasteiger partial charge in [0.2, 0.25) is 11.8 Å². The number of nitrogens with one attached hydrogen (secondary N) is 1. The number of amides is 2. The number of hydrogen-bond donors (Lipinski definition) is 1. The van der Waals surface area contributed by atoms with E-state index in [0.717, 1.165) is 21.9 Å². The minimum atomic E-state index is -0.795. The Balaban J connectivity index is 1.67. The molecule has 0 aliphatic carbocycles. The van der Waals surface area contributed by atoms with Crippen LogP contribution in [0.3, 0.4) is 0 Å². The average molecular weight is 511 g/mol. The number of carbonyl (C=O) groups excluding carboxylic acids is 2. The molecule has 0 spiro atoms. The topological polar surface area (TPSA) is 49.4 Å². The summed E-state index contributed by atoms with van der Waals surface area (Å²) in [6.45, 7) is 5.74. The van der Waals surface area contributed by atoms with Crippen molar-refractivity contribution in [2.45, 2.75) is 58.2 Å². The lowest BCUT2D eigenvalue weighted by Crippen LogP contribution is -2.54. The van der Waals surface area contributed by atoms with E-state index in [1.165, 1.54) is 6.07 Å². The van der Waals surface area contributed by atoms with Crippen LogP contribution in [0, 0.1) is 5.82 Å². The molecule has 0 radical (unpaired) electrons. The number of carbonyl (C=O) groups is 2. The third-order valence-corrected chi connectivity index (χ3v) is 6.56. The molecule has 0 fully saturated rings. The first-order valence-electron chi connectivity index (χ1n) is 13.1. The Hall–Kier alpha value is -3.99. The zero-order chi connectivity index (χ0) is 27.1. The van der Waals surface area contributed by atoms with Crippen LogP contribution in [0.2, 0.25) is 0 Å². The van der Waals surface area contributed by atoms with Gasteiger partial charge in [-0.25, -0.2) is 4.39 Å². The third kappa shape index (κ3) is 7.06. The zero-order valence-corrected chi connectivity index (χ0v) is 22.3. The van der Waals surface area contributed by atoms with Crippen molar-refractivity contribution in [3.8, 4) is 0 Å². The number of halogens is 1. The third-order valence-electron chi connectivity index (χ3n) is 6.56. The number of rotatable bonds is 9. The maximum absolute atomic E-state index is 14.8. The lowest BCUT2D eigenvalue weighted by atomic mass is 9.98. The van der Waals surface area contributed by atoms with Gasteiger partial charge in [0, 0.05) is 30.5 Å². The van der Waals surface area contributed by atoms with Gasteiger partial charge in [-0.15, -0.1) is 0 Å². The fourth-order valence-electron chi connectivity index (χ4n) is 4.71. The standard InChI is InChI=1S/C33H35FN2O2/c1-33(2,3)35-32(38)30(22-24-12-5-4-6-13-24)36(23-27-15-8-10-19-29(27)34)31(37)21-20-26-17-11-16-25-14-7-9-18-28(25)26/h4-19,30H,20-23H2,1-3H3,(H,35,38)/t30-/m1/s1. The largest absolute Gasteiger partial charge is 0.350 e. The number of fused-ring (bicyclic) bond motifs is 1. The maximum atomic E-state index is 14.8. The van der Waals surface area contributed by atoms with Crippen molar-refractivity contribution in [3.63, 3.8) is 0 Å². The van der Waals surface area contributed by atoms with Crippen LogP contribution in [-0.2, 0) is 29.0 Å². The summed E-state index contributed by atoms with van der Waals surface area (Å²) in [5, 5.41) is 5.27. The summed E-state index contributed by atoms with van der Waals surface area (Å²) in [6.07, 6.45) is 1.06. The molecule has 0 heterocycles. The normalized spacial score (nSPS) is 12.2. The number of hydrogen-bond acceptors (Lipinski definition) is 2. The average Bonchev–Trinajstić information content (AvgIpc) is 2.90. The molecule has 0 aliphatic heterocycles. The maximum Gasteiger partial charge on any atom is 0.243 e. The van der Waals surface area contributed by atoms with Crippen LogP contribution in [0.5, 0.6) is 0 Å². The van der Waals surface area contributed by atoms with Crippen molar-refractivity contribution in [1.82, 2.24) is 10.2 Å². The van der Waals surface area contributed by atoms with Crippen molar-refractivity contribution >= 4 is 22.6 Å². The van der Waals surface area contributed by atoms with Crippen LogP contribution in [0.1, 0.15) is 43.9 Å². The van der Waals surface area contributed by atoms with E-state index in [0.29, 0.717) is 18.4 Å². The van der Waals surface area contributed by atoms with Crippen LogP contribution in [0.15, 0.2) is 97.1 Å². The molecule has 0 saturated heterocycles. The molecule has 4 nitrogen and oxygen atoms in total. The van der Waals surface area contributed by atoms with Crippen LogP contribution in [0.25, 0.3) is 10.8 Å². The zero-order valence-electron chi connectivity index (χ0n) is 22.3. The molecule has 4 aromatic carbocycles. The van der Waals surface area contributed by atoms with Gasteiger partial charge in [0.1, 0.15) is 11.9 Å². The second-order valence-electron chi connectivity index (χ2n) is 10.7. The van der Waals surface area contributed by atoms with E-state index in [1.54, 1.807) is 23.1 Å². The minimum absolute atomic E-state index is 0.0100. The first-order valence-corrected chi connectivity index (χ1v) is 13.1. The van der Waals surface area contributed by atoms with E-state index in [4.69, 9.17) is 0 Å². The summed E-state index contributed by atoms with van der Waals surface area (Å²) in [5.41, 5.74) is 1.90. The van der Waals surface area contributed by atoms with Crippen LogP contribution >= 0.6 is 0 Å². The van der Waals surface area contributed by atoms with Crippen molar-refractivity contribution in [2.75, 3.05) is 0 Å². The van der Waals surface area contributed by atoms with Gasteiger partial charge >= 0.3 is 0 Å².